The van der Waals surface area contributed by atoms with Crippen LogP contribution in [0.4, 0.5) is 5.95 Å². The Kier molecular flexibility index (Phi) is 5.27. The fourth-order valence-electron chi connectivity index (χ4n) is 1.02. The highest BCUT2D eigenvalue weighted by Gasteiger charge is 2.05. The van der Waals surface area contributed by atoms with Crippen LogP contribution in [-0.2, 0) is 20.8 Å². The second-order valence-corrected chi connectivity index (χ2v) is 3.13. The van der Waals surface area contributed by atoms with Crippen molar-refractivity contribution < 1.29 is 14.3 Å². The molecule has 0 unspecified atom stereocenters. The van der Waals surface area contributed by atoms with E-state index in [0.29, 0.717) is 13.2 Å². The standard InChI is InChI=1S/C9H16N4O3/c1-2-3-15-4-5-16-8(14)6-13-7-11-9(10)12-13/h7H,2-6H2,1H3,(H2,10,12). The summed E-state index contributed by atoms with van der Waals surface area (Å²) >= 11 is 0. The van der Waals surface area contributed by atoms with Gasteiger partial charge in [-0.1, -0.05) is 6.92 Å². The van der Waals surface area contributed by atoms with Gasteiger partial charge in [-0.3, -0.25) is 4.79 Å². The van der Waals surface area contributed by atoms with Crippen molar-refractivity contribution in [1.82, 2.24) is 14.8 Å². The number of nitrogens with zero attached hydrogens (tertiary/aromatic N) is 3. The third-order valence-electron chi connectivity index (χ3n) is 1.68. The molecule has 0 aliphatic rings. The summed E-state index contributed by atoms with van der Waals surface area (Å²) in [5.41, 5.74) is 5.29. The average Bonchev–Trinajstić information content (AvgIpc) is 2.63. The first kappa shape index (κ1) is 12.4. The van der Waals surface area contributed by atoms with E-state index < -0.39 is 0 Å². The van der Waals surface area contributed by atoms with E-state index in [2.05, 4.69) is 10.1 Å². The van der Waals surface area contributed by atoms with Gasteiger partial charge in [0.15, 0.2) is 0 Å². The number of esters is 1. The van der Waals surface area contributed by atoms with Crippen LogP contribution in [0.3, 0.4) is 0 Å². The van der Waals surface area contributed by atoms with Gasteiger partial charge >= 0.3 is 5.97 Å². The van der Waals surface area contributed by atoms with Crippen molar-refractivity contribution in [3.8, 4) is 0 Å². The number of anilines is 1. The highest BCUT2D eigenvalue weighted by Crippen LogP contribution is 1.91. The quantitative estimate of drug-likeness (QED) is 0.514. The number of ether oxygens (including phenoxy) is 2. The third kappa shape index (κ3) is 4.74. The van der Waals surface area contributed by atoms with Gasteiger partial charge in [0, 0.05) is 6.61 Å². The van der Waals surface area contributed by atoms with Gasteiger partial charge in [-0.05, 0) is 6.42 Å². The van der Waals surface area contributed by atoms with Crippen molar-refractivity contribution >= 4 is 11.9 Å². The largest absolute Gasteiger partial charge is 0.462 e. The maximum Gasteiger partial charge on any atom is 0.327 e. The summed E-state index contributed by atoms with van der Waals surface area (Å²) in [6.07, 6.45) is 2.33. The molecule has 0 saturated carbocycles. The van der Waals surface area contributed by atoms with Crippen molar-refractivity contribution in [1.29, 1.82) is 0 Å². The predicted octanol–water partition coefficient (Wildman–Crippen LogP) is -0.170. The molecule has 0 atom stereocenters. The number of carbonyl (C=O) groups excluding carboxylic acids is 1. The number of rotatable bonds is 7. The van der Waals surface area contributed by atoms with E-state index in [0.717, 1.165) is 6.42 Å². The number of aromatic nitrogens is 3. The molecule has 0 amide bonds. The normalized spacial score (nSPS) is 10.3. The zero-order valence-corrected chi connectivity index (χ0v) is 9.26. The van der Waals surface area contributed by atoms with Crippen LogP contribution in [0.1, 0.15) is 13.3 Å². The number of nitrogens with two attached hydrogens (primary N) is 1. The molecule has 2 N–H and O–H groups in total. The number of carbonyl (C=O) groups is 1. The van der Waals surface area contributed by atoms with E-state index in [9.17, 15) is 4.79 Å². The van der Waals surface area contributed by atoms with Crippen molar-refractivity contribution in [2.45, 2.75) is 19.9 Å². The molecule has 0 aromatic carbocycles. The minimum Gasteiger partial charge on any atom is -0.462 e. The summed E-state index contributed by atoms with van der Waals surface area (Å²) in [5.74, 6) is -0.246. The molecule has 7 heteroatoms. The summed E-state index contributed by atoms with van der Waals surface area (Å²) in [6, 6.07) is 0. The smallest absolute Gasteiger partial charge is 0.327 e. The maximum absolute atomic E-state index is 11.2. The van der Waals surface area contributed by atoms with Crippen LogP contribution in [0.5, 0.6) is 0 Å². The van der Waals surface area contributed by atoms with Crippen LogP contribution >= 0.6 is 0 Å². The molecule has 0 fully saturated rings. The zero-order chi connectivity index (χ0) is 11.8. The minimum atomic E-state index is -0.384. The molecule has 0 radical (unpaired) electrons. The highest BCUT2D eigenvalue weighted by atomic mass is 16.6. The monoisotopic (exact) mass is 228 g/mol. The number of nitrogen functional groups attached to an aromatic ring is 1. The van der Waals surface area contributed by atoms with E-state index in [-0.39, 0.29) is 25.1 Å². The lowest BCUT2D eigenvalue weighted by molar-refractivity contribution is -0.146. The molecule has 1 rings (SSSR count). The molecule has 1 aromatic heterocycles. The molecule has 0 aliphatic carbocycles. The Labute approximate surface area is 93.5 Å². The van der Waals surface area contributed by atoms with E-state index in [1.165, 1.54) is 11.0 Å². The molecule has 0 aliphatic heterocycles. The lowest BCUT2D eigenvalue weighted by atomic mass is 10.5. The van der Waals surface area contributed by atoms with E-state index in [1.54, 1.807) is 0 Å². The lowest BCUT2D eigenvalue weighted by Gasteiger charge is -2.04. The fraction of sp³-hybridized carbons (Fsp3) is 0.667. The molecular weight excluding hydrogens is 212 g/mol. The summed E-state index contributed by atoms with van der Waals surface area (Å²) < 4.78 is 11.4. The molecule has 1 aromatic rings. The van der Waals surface area contributed by atoms with Gasteiger partial charge < -0.3 is 15.2 Å². The van der Waals surface area contributed by atoms with Crippen molar-refractivity contribution in [3.05, 3.63) is 6.33 Å². The van der Waals surface area contributed by atoms with Gasteiger partial charge in [-0.25, -0.2) is 9.67 Å². The number of hydrogen-bond donors (Lipinski definition) is 1. The summed E-state index contributed by atoms with van der Waals surface area (Å²) in [4.78, 5) is 14.9. The Bertz CT molecular complexity index is 326. The van der Waals surface area contributed by atoms with Gasteiger partial charge in [0.05, 0.1) is 6.61 Å². The topological polar surface area (TPSA) is 92.3 Å². The summed E-state index contributed by atoms with van der Waals surface area (Å²) in [5, 5.41) is 3.76. The summed E-state index contributed by atoms with van der Waals surface area (Å²) in [6.45, 7) is 3.37. The molecule has 0 bridgehead atoms. The second-order valence-electron chi connectivity index (χ2n) is 3.13. The molecule has 1 heterocycles. The average molecular weight is 228 g/mol. The van der Waals surface area contributed by atoms with Crippen molar-refractivity contribution in [3.63, 3.8) is 0 Å². The second kappa shape index (κ2) is 6.78. The molecule has 0 spiro atoms. The Hall–Kier alpha value is -1.63. The van der Waals surface area contributed by atoms with Crippen LogP contribution in [0, 0.1) is 0 Å². The van der Waals surface area contributed by atoms with Crippen LogP contribution < -0.4 is 5.73 Å². The molecule has 7 nitrogen and oxygen atoms in total. The molecular formula is C9H16N4O3. The van der Waals surface area contributed by atoms with Gasteiger partial charge in [-0.15, -0.1) is 5.10 Å². The maximum atomic E-state index is 11.2. The van der Waals surface area contributed by atoms with E-state index in [1.807, 2.05) is 6.92 Å². The fourth-order valence-corrected chi connectivity index (χ4v) is 1.02. The molecule has 0 saturated heterocycles. The Morgan fingerprint density at radius 2 is 2.31 bits per heavy atom. The van der Waals surface area contributed by atoms with E-state index >= 15 is 0 Å². The van der Waals surface area contributed by atoms with Crippen molar-refractivity contribution in [2.24, 2.45) is 0 Å². The first-order valence-electron chi connectivity index (χ1n) is 5.10. The Morgan fingerprint density at radius 1 is 1.50 bits per heavy atom. The third-order valence-corrected chi connectivity index (χ3v) is 1.68. The van der Waals surface area contributed by atoms with Gasteiger partial charge in [0.1, 0.15) is 19.5 Å². The van der Waals surface area contributed by atoms with Crippen LogP contribution in [0.15, 0.2) is 6.33 Å². The van der Waals surface area contributed by atoms with Gasteiger partial charge in [0.2, 0.25) is 5.95 Å². The first-order valence-corrected chi connectivity index (χ1v) is 5.10. The minimum absolute atomic E-state index is 0.0119. The number of hydrogen-bond acceptors (Lipinski definition) is 6. The van der Waals surface area contributed by atoms with Crippen molar-refractivity contribution in [2.75, 3.05) is 25.6 Å². The molecule has 16 heavy (non-hydrogen) atoms. The Morgan fingerprint density at radius 3 is 2.94 bits per heavy atom. The van der Waals surface area contributed by atoms with Crippen LogP contribution in [-0.4, -0.2) is 40.6 Å². The van der Waals surface area contributed by atoms with Crippen LogP contribution in [0.25, 0.3) is 0 Å². The Balaban J connectivity index is 2.11. The predicted molar refractivity (Wildman–Crippen MR) is 56.5 cm³/mol. The zero-order valence-electron chi connectivity index (χ0n) is 9.26. The summed E-state index contributed by atoms with van der Waals surface area (Å²) in [7, 11) is 0. The first-order chi connectivity index (χ1) is 7.72. The van der Waals surface area contributed by atoms with E-state index in [4.69, 9.17) is 15.2 Å². The van der Waals surface area contributed by atoms with Gasteiger partial charge in [-0.2, -0.15) is 0 Å². The SMILES string of the molecule is CCCOCCOC(=O)Cn1cnc(N)n1. The van der Waals surface area contributed by atoms with Gasteiger partial charge in [0.25, 0.3) is 0 Å². The van der Waals surface area contributed by atoms with Crippen LogP contribution in [0.2, 0.25) is 0 Å². The highest BCUT2D eigenvalue weighted by molar-refractivity contribution is 5.68. The lowest BCUT2D eigenvalue weighted by Crippen LogP contribution is -2.17. The molecule has 90 valence electrons.